The fraction of sp³-hybridized carbons (Fsp3) is 0. The fourth-order valence-corrected chi connectivity index (χ4v) is 2.38. The van der Waals surface area contributed by atoms with Crippen molar-refractivity contribution in [3.63, 3.8) is 0 Å². The third-order valence-electron chi connectivity index (χ3n) is 2.32. The summed E-state index contributed by atoms with van der Waals surface area (Å²) in [6, 6.07) is 5.49. The first-order chi connectivity index (χ1) is 8.74. The largest absolute Gasteiger partial charge is 0.398 e. The van der Waals surface area contributed by atoms with Gasteiger partial charge in [0, 0.05) is 16.4 Å². The van der Waals surface area contributed by atoms with E-state index in [0.29, 0.717) is 23.0 Å². The van der Waals surface area contributed by atoms with Gasteiger partial charge in [-0.15, -0.1) is 11.3 Å². The molecule has 90 valence electrons. The number of hydrogen-bond acceptors (Lipinski definition) is 6. The Labute approximate surface area is 115 Å². The van der Waals surface area contributed by atoms with E-state index < -0.39 is 0 Å². The van der Waals surface area contributed by atoms with Gasteiger partial charge in [0.1, 0.15) is 0 Å². The topological polar surface area (TPSA) is 77.8 Å². The SMILES string of the molecule is Nc1ccc(Br)cc1-c1nc(-c2cncs2)no1. The van der Waals surface area contributed by atoms with Crippen LogP contribution in [0.4, 0.5) is 5.69 Å². The second kappa shape index (κ2) is 4.51. The van der Waals surface area contributed by atoms with Crippen LogP contribution in [0.25, 0.3) is 22.2 Å². The van der Waals surface area contributed by atoms with E-state index in [9.17, 15) is 0 Å². The number of thiazole rings is 1. The molecule has 0 atom stereocenters. The molecule has 18 heavy (non-hydrogen) atoms. The summed E-state index contributed by atoms with van der Waals surface area (Å²) in [5.41, 5.74) is 8.92. The number of rotatable bonds is 2. The van der Waals surface area contributed by atoms with Crippen LogP contribution in [-0.2, 0) is 0 Å². The number of aromatic nitrogens is 3. The van der Waals surface area contributed by atoms with Crippen LogP contribution >= 0.6 is 27.3 Å². The zero-order valence-electron chi connectivity index (χ0n) is 9.00. The maximum Gasteiger partial charge on any atom is 0.260 e. The summed E-state index contributed by atoms with van der Waals surface area (Å²) in [4.78, 5) is 9.15. The number of nitrogens with two attached hydrogens (primary N) is 1. The predicted octanol–water partition coefficient (Wildman–Crippen LogP) is 3.20. The maximum atomic E-state index is 5.89. The lowest BCUT2D eigenvalue weighted by molar-refractivity contribution is 0.432. The summed E-state index contributed by atoms with van der Waals surface area (Å²) in [6.45, 7) is 0. The van der Waals surface area contributed by atoms with E-state index in [2.05, 4.69) is 31.1 Å². The van der Waals surface area contributed by atoms with Crippen LogP contribution in [-0.4, -0.2) is 15.1 Å². The molecule has 0 saturated carbocycles. The first-order valence-electron chi connectivity index (χ1n) is 5.02. The fourth-order valence-electron chi connectivity index (χ4n) is 1.47. The third-order valence-corrected chi connectivity index (χ3v) is 3.59. The van der Waals surface area contributed by atoms with Crippen molar-refractivity contribution < 1.29 is 4.52 Å². The molecular weight excluding hydrogens is 316 g/mol. The Morgan fingerprint density at radius 2 is 2.22 bits per heavy atom. The molecule has 0 bridgehead atoms. The smallest absolute Gasteiger partial charge is 0.260 e. The normalized spacial score (nSPS) is 10.7. The summed E-state index contributed by atoms with van der Waals surface area (Å²) in [6.07, 6.45) is 1.70. The molecule has 0 aliphatic carbocycles. The highest BCUT2D eigenvalue weighted by molar-refractivity contribution is 9.10. The highest BCUT2D eigenvalue weighted by Crippen LogP contribution is 2.30. The van der Waals surface area contributed by atoms with Crippen molar-refractivity contribution in [3.05, 3.63) is 34.4 Å². The van der Waals surface area contributed by atoms with Crippen LogP contribution in [0, 0.1) is 0 Å². The number of anilines is 1. The van der Waals surface area contributed by atoms with E-state index in [-0.39, 0.29) is 0 Å². The minimum atomic E-state index is 0.400. The number of halogens is 1. The van der Waals surface area contributed by atoms with Gasteiger partial charge in [-0.2, -0.15) is 4.98 Å². The van der Waals surface area contributed by atoms with Crippen molar-refractivity contribution in [1.29, 1.82) is 0 Å². The molecule has 0 spiro atoms. The molecule has 2 heterocycles. The highest BCUT2D eigenvalue weighted by atomic mass is 79.9. The van der Waals surface area contributed by atoms with E-state index >= 15 is 0 Å². The number of nitrogens with zero attached hydrogens (tertiary/aromatic N) is 3. The van der Waals surface area contributed by atoms with Crippen LogP contribution in [0.5, 0.6) is 0 Å². The molecule has 3 aromatic rings. The molecule has 0 aliphatic rings. The van der Waals surface area contributed by atoms with Gasteiger partial charge in [-0.3, -0.25) is 4.98 Å². The summed E-state index contributed by atoms with van der Waals surface area (Å²) in [5, 5.41) is 3.92. The molecule has 5 nitrogen and oxygen atoms in total. The van der Waals surface area contributed by atoms with E-state index in [4.69, 9.17) is 10.3 Å². The van der Waals surface area contributed by atoms with Gasteiger partial charge in [0.05, 0.1) is 16.0 Å². The van der Waals surface area contributed by atoms with Gasteiger partial charge in [-0.25, -0.2) is 0 Å². The van der Waals surface area contributed by atoms with Crippen molar-refractivity contribution in [1.82, 2.24) is 15.1 Å². The Morgan fingerprint density at radius 3 is 3.00 bits per heavy atom. The Bertz CT molecular complexity index is 680. The minimum absolute atomic E-state index is 0.400. The van der Waals surface area contributed by atoms with Crippen molar-refractivity contribution >= 4 is 33.0 Å². The molecule has 2 aromatic heterocycles. The van der Waals surface area contributed by atoms with Gasteiger partial charge in [-0.1, -0.05) is 21.1 Å². The van der Waals surface area contributed by atoms with Gasteiger partial charge in [0.2, 0.25) is 5.82 Å². The molecule has 0 radical (unpaired) electrons. The predicted molar refractivity (Wildman–Crippen MR) is 73.0 cm³/mol. The molecule has 7 heteroatoms. The van der Waals surface area contributed by atoms with E-state index in [1.54, 1.807) is 17.8 Å². The lowest BCUT2D eigenvalue weighted by Crippen LogP contribution is -1.89. The average molecular weight is 323 g/mol. The van der Waals surface area contributed by atoms with Gasteiger partial charge in [0.15, 0.2) is 0 Å². The van der Waals surface area contributed by atoms with E-state index in [0.717, 1.165) is 9.35 Å². The van der Waals surface area contributed by atoms with Gasteiger partial charge in [-0.05, 0) is 18.2 Å². The first kappa shape index (κ1) is 11.4. The van der Waals surface area contributed by atoms with Crippen LogP contribution in [0.1, 0.15) is 0 Å². The molecule has 0 aliphatic heterocycles. The summed E-state index contributed by atoms with van der Waals surface area (Å²) in [7, 11) is 0. The average Bonchev–Trinajstić information content (AvgIpc) is 3.00. The van der Waals surface area contributed by atoms with Crippen molar-refractivity contribution in [2.75, 3.05) is 5.73 Å². The second-order valence-electron chi connectivity index (χ2n) is 3.52. The standard InChI is InChI=1S/C11H7BrN4OS/c12-6-1-2-8(13)7(3-6)11-15-10(16-17-11)9-4-14-5-18-9/h1-5H,13H2. The van der Waals surface area contributed by atoms with Gasteiger partial charge < -0.3 is 10.3 Å². The quantitative estimate of drug-likeness (QED) is 0.733. The molecule has 0 fully saturated rings. The second-order valence-corrected chi connectivity index (χ2v) is 5.32. The summed E-state index contributed by atoms with van der Waals surface area (Å²) in [5.74, 6) is 0.920. The van der Waals surface area contributed by atoms with Crippen LogP contribution in [0.2, 0.25) is 0 Å². The summed E-state index contributed by atoms with van der Waals surface area (Å²) >= 11 is 4.84. The van der Waals surface area contributed by atoms with Gasteiger partial charge >= 0.3 is 0 Å². The van der Waals surface area contributed by atoms with Crippen molar-refractivity contribution in [3.8, 4) is 22.2 Å². The number of hydrogen-bond donors (Lipinski definition) is 1. The Balaban J connectivity index is 2.05. The minimum Gasteiger partial charge on any atom is -0.398 e. The third kappa shape index (κ3) is 2.02. The summed E-state index contributed by atoms with van der Waals surface area (Å²) < 4.78 is 6.13. The number of nitrogen functional groups attached to an aromatic ring is 1. The molecule has 0 saturated heterocycles. The van der Waals surface area contributed by atoms with Crippen LogP contribution < -0.4 is 5.73 Å². The molecule has 3 rings (SSSR count). The lowest BCUT2D eigenvalue weighted by atomic mass is 10.2. The zero-order chi connectivity index (χ0) is 12.5. The Kier molecular flexibility index (Phi) is 2.85. The van der Waals surface area contributed by atoms with Crippen molar-refractivity contribution in [2.24, 2.45) is 0 Å². The van der Waals surface area contributed by atoms with E-state index in [1.165, 1.54) is 11.3 Å². The zero-order valence-corrected chi connectivity index (χ0v) is 11.4. The van der Waals surface area contributed by atoms with E-state index in [1.807, 2.05) is 12.1 Å². The molecule has 0 unspecified atom stereocenters. The van der Waals surface area contributed by atoms with Crippen molar-refractivity contribution in [2.45, 2.75) is 0 Å². The molecule has 2 N–H and O–H groups in total. The molecule has 0 amide bonds. The lowest BCUT2D eigenvalue weighted by Gasteiger charge is -2.00. The maximum absolute atomic E-state index is 5.89. The first-order valence-corrected chi connectivity index (χ1v) is 6.69. The van der Waals surface area contributed by atoms with Gasteiger partial charge in [0.25, 0.3) is 5.89 Å². The highest BCUT2D eigenvalue weighted by Gasteiger charge is 2.14. The Morgan fingerprint density at radius 1 is 1.33 bits per heavy atom. The van der Waals surface area contributed by atoms with Crippen LogP contribution in [0.15, 0.2) is 38.9 Å². The monoisotopic (exact) mass is 322 g/mol. The number of benzene rings is 1. The molecule has 1 aromatic carbocycles. The van der Waals surface area contributed by atoms with Crippen LogP contribution in [0.3, 0.4) is 0 Å². The molecular formula is C11H7BrN4OS. The Hall–Kier alpha value is -1.73.